The van der Waals surface area contributed by atoms with Crippen molar-refractivity contribution in [2.75, 3.05) is 66.2 Å². The van der Waals surface area contributed by atoms with E-state index in [-0.39, 0.29) is 62.4 Å². The van der Waals surface area contributed by atoms with E-state index in [1.807, 2.05) is 62.6 Å². The maximum Gasteiger partial charge on any atom is 0.253 e. The molecule has 13 nitrogen and oxygen atoms in total. The van der Waals surface area contributed by atoms with Gasteiger partial charge in [0.1, 0.15) is 30.2 Å². The molecule has 1 aromatic heterocycles. The Bertz CT molecular complexity index is 1770. The van der Waals surface area contributed by atoms with Crippen LogP contribution in [0.25, 0.3) is 11.3 Å². The summed E-state index contributed by atoms with van der Waals surface area (Å²) in [5, 5.41) is 21.6. The second-order valence-electron chi connectivity index (χ2n) is 14.0. The highest BCUT2D eigenvalue weighted by atomic mass is 19.1. The number of alkyl halides is 1. The van der Waals surface area contributed by atoms with Gasteiger partial charge in [0.25, 0.3) is 11.8 Å². The first-order valence-electron chi connectivity index (χ1n) is 19.0. The molecule has 312 valence electrons. The molecule has 57 heavy (non-hydrogen) atoms. The molecule has 16 heteroatoms. The van der Waals surface area contributed by atoms with E-state index in [9.17, 15) is 37.5 Å². The number of amides is 4. The lowest BCUT2D eigenvalue weighted by atomic mass is 9.79. The van der Waals surface area contributed by atoms with Crippen molar-refractivity contribution < 1.29 is 47.3 Å². The molecule has 3 aromatic rings. The number of ether oxygens (including phenoxy) is 1. The number of aliphatic hydroxyl groups excluding tert-OH is 2. The van der Waals surface area contributed by atoms with Crippen LogP contribution in [0.2, 0.25) is 0 Å². The zero-order valence-electron chi connectivity index (χ0n) is 33.2. The first-order valence-corrected chi connectivity index (χ1v) is 19.0. The summed E-state index contributed by atoms with van der Waals surface area (Å²) in [6.45, 7) is 8.96. The van der Waals surface area contributed by atoms with Gasteiger partial charge in [0.15, 0.2) is 0 Å². The van der Waals surface area contributed by atoms with E-state index in [0.717, 1.165) is 28.7 Å². The molecule has 1 saturated heterocycles. The molecule has 4 amide bonds. The SMILES string of the molecule is CC.COCCC(C)(C)[C@H](c1nc(-c2cc(F)ccc2F)cn1Cc1ccccc1)N(C[C@@H]1CNC[C@@H]1F)C(=O)CO.O=CN(CCO)CCN1C(=O)C=CC1=O. The van der Waals surface area contributed by atoms with Crippen molar-refractivity contribution in [3.05, 3.63) is 89.9 Å². The lowest BCUT2D eigenvalue weighted by Crippen LogP contribution is -2.48. The average molecular weight is 801 g/mol. The first-order chi connectivity index (χ1) is 27.3. The van der Waals surface area contributed by atoms with E-state index in [2.05, 4.69) is 5.32 Å². The number of nitrogens with zero attached hydrogens (tertiary/aromatic N) is 5. The topological polar surface area (TPSA) is 158 Å². The number of nitrogens with one attached hydrogen (secondary N) is 1. The van der Waals surface area contributed by atoms with Crippen LogP contribution in [0.5, 0.6) is 0 Å². The van der Waals surface area contributed by atoms with Crippen molar-refractivity contribution in [1.29, 1.82) is 0 Å². The molecule has 5 rings (SSSR count). The van der Waals surface area contributed by atoms with Gasteiger partial charge in [0.05, 0.1) is 18.3 Å². The highest BCUT2D eigenvalue weighted by Crippen LogP contribution is 2.43. The van der Waals surface area contributed by atoms with Crippen molar-refractivity contribution in [3.63, 3.8) is 0 Å². The van der Waals surface area contributed by atoms with Gasteiger partial charge in [-0.15, -0.1) is 0 Å². The number of hydrogen-bond donors (Lipinski definition) is 3. The Balaban J connectivity index is 0.000000428. The van der Waals surface area contributed by atoms with E-state index >= 15 is 0 Å². The van der Waals surface area contributed by atoms with E-state index < -0.39 is 47.7 Å². The van der Waals surface area contributed by atoms with Crippen LogP contribution in [0, 0.1) is 23.0 Å². The zero-order chi connectivity index (χ0) is 42.1. The van der Waals surface area contributed by atoms with Crippen LogP contribution in [0.3, 0.4) is 0 Å². The highest BCUT2D eigenvalue weighted by molar-refractivity contribution is 6.12. The van der Waals surface area contributed by atoms with Crippen LogP contribution in [0.4, 0.5) is 13.2 Å². The molecule has 0 aliphatic carbocycles. The van der Waals surface area contributed by atoms with Crippen LogP contribution in [0.1, 0.15) is 51.5 Å². The molecule has 1 fully saturated rings. The number of aliphatic hydroxyl groups is 2. The summed E-state index contributed by atoms with van der Waals surface area (Å²) in [4.78, 5) is 54.7. The van der Waals surface area contributed by atoms with Crippen molar-refractivity contribution >= 4 is 24.1 Å². The van der Waals surface area contributed by atoms with Gasteiger partial charge in [-0.05, 0) is 35.6 Å². The Labute approximate surface area is 332 Å². The summed E-state index contributed by atoms with van der Waals surface area (Å²) < 4.78 is 51.1. The summed E-state index contributed by atoms with van der Waals surface area (Å²) >= 11 is 0. The van der Waals surface area contributed by atoms with Gasteiger partial charge in [-0.25, -0.2) is 18.2 Å². The minimum atomic E-state index is -1.15. The Morgan fingerprint density at radius 3 is 2.33 bits per heavy atom. The number of aromatic nitrogens is 2. The lowest BCUT2D eigenvalue weighted by molar-refractivity contribution is -0.141. The maximum absolute atomic E-state index is 14.9. The Morgan fingerprint density at radius 1 is 1.07 bits per heavy atom. The molecule has 0 saturated carbocycles. The number of imidazole rings is 1. The van der Waals surface area contributed by atoms with E-state index in [1.54, 1.807) is 13.3 Å². The molecule has 0 radical (unpaired) electrons. The minimum Gasteiger partial charge on any atom is -0.395 e. The van der Waals surface area contributed by atoms with Gasteiger partial charge in [0, 0.05) is 89.4 Å². The zero-order valence-corrected chi connectivity index (χ0v) is 33.2. The molecule has 3 heterocycles. The number of carbonyl (C=O) groups excluding carboxylic acids is 4. The quantitative estimate of drug-likeness (QED) is 0.129. The summed E-state index contributed by atoms with van der Waals surface area (Å²) in [6.07, 6.45) is 3.97. The third-order valence-corrected chi connectivity index (χ3v) is 9.65. The van der Waals surface area contributed by atoms with Gasteiger partial charge in [0.2, 0.25) is 12.3 Å². The van der Waals surface area contributed by atoms with Crippen molar-refractivity contribution in [1.82, 2.24) is 29.6 Å². The van der Waals surface area contributed by atoms with Crippen molar-refractivity contribution in [2.45, 2.75) is 52.9 Å². The van der Waals surface area contributed by atoms with Gasteiger partial charge >= 0.3 is 0 Å². The largest absolute Gasteiger partial charge is 0.395 e. The third kappa shape index (κ3) is 12.8. The molecule has 0 bridgehead atoms. The maximum atomic E-state index is 14.9. The predicted molar refractivity (Wildman–Crippen MR) is 208 cm³/mol. The van der Waals surface area contributed by atoms with Crippen LogP contribution < -0.4 is 5.32 Å². The minimum absolute atomic E-state index is 0.00893. The summed E-state index contributed by atoms with van der Waals surface area (Å²) in [6, 6.07) is 12.0. The Hall–Kier alpha value is -4.90. The molecule has 3 N–H and O–H groups in total. The summed E-state index contributed by atoms with van der Waals surface area (Å²) in [5.74, 6) is -2.59. The number of hydrogen-bond acceptors (Lipinski definition) is 9. The first kappa shape index (κ1) is 46.5. The van der Waals surface area contributed by atoms with E-state index in [1.165, 1.54) is 22.0 Å². The molecular formula is C41H55F3N6O7. The fraction of sp³-hybridized carbons (Fsp3) is 0.488. The summed E-state index contributed by atoms with van der Waals surface area (Å²) in [5.41, 5.74) is 0.462. The fourth-order valence-electron chi connectivity index (χ4n) is 6.59. The predicted octanol–water partition coefficient (Wildman–Crippen LogP) is 3.75. The lowest BCUT2D eigenvalue weighted by Gasteiger charge is -2.43. The van der Waals surface area contributed by atoms with Crippen LogP contribution in [0.15, 0.2) is 66.9 Å². The smallest absolute Gasteiger partial charge is 0.253 e. The number of benzene rings is 2. The van der Waals surface area contributed by atoms with Gasteiger partial charge < -0.3 is 34.6 Å². The Morgan fingerprint density at radius 2 is 1.75 bits per heavy atom. The van der Waals surface area contributed by atoms with Gasteiger partial charge in [-0.3, -0.25) is 24.1 Å². The van der Waals surface area contributed by atoms with Gasteiger partial charge in [-0.2, -0.15) is 0 Å². The van der Waals surface area contributed by atoms with Crippen molar-refractivity contribution in [3.8, 4) is 11.3 Å². The second kappa shape index (κ2) is 22.7. The standard InChI is InChI=1S/C30H37F3N4O3.C9H12N2O4.C2H6/c1-30(2,11-12-40-3)28(37(27(39)19-38)17-21-14-34-15-25(21)33)29-35-26(23-13-22(31)9-10-24(23)32)18-36(29)16-20-7-5-4-6-8-20;12-6-5-10(7-13)3-4-11-8(14)1-2-9(11)15;1-2/h4-10,13,18,21,25,28,34,38H,11-12,14-17,19H2,1-3H3;1-2,7,12H,3-6H2;1-2H3/t21-,25-,28-;;/m0../s1. The molecule has 0 spiro atoms. The Kier molecular flexibility index (Phi) is 18.5. The van der Waals surface area contributed by atoms with Crippen LogP contribution in [-0.2, 0) is 30.5 Å². The second-order valence-corrected chi connectivity index (χ2v) is 14.0. The van der Waals surface area contributed by atoms with Crippen LogP contribution in [-0.4, -0.2) is 131 Å². The monoisotopic (exact) mass is 800 g/mol. The molecule has 0 unspecified atom stereocenters. The normalized spacial score (nSPS) is 16.8. The van der Waals surface area contributed by atoms with E-state index in [0.29, 0.717) is 38.4 Å². The number of carbonyl (C=O) groups is 4. The molecule has 3 atom stereocenters. The molecule has 2 aromatic carbocycles. The molecular weight excluding hydrogens is 745 g/mol. The number of imide groups is 1. The molecule has 2 aliphatic rings. The number of halogens is 3. The third-order valence-electron chi connectivity index (χ3n) is 9.65. The number of methoxy groups -OCH3 is 1. The van der Waals surface area contributed by atoms with Crippen molar-refractivity contribution in [2.24, 2.45) is 11.3 Å². The van der Waals surface area contributed by atoms with Crippen LogP contribution >= 0.6 is 0 Å². The summed E-state index contributed by atoms with van der Waals surface area (Å²) in [7, 11) is 1.58. The average Bonchev–Trinajstić information content (AvgIpc) is 3.91. The molecule has 2 aliphatic heterocycles. The van der Waals surface area contributed by atoms with Gasteiger partial charge in [-0.1, -0.05) is 58.0 Å². The highest BCUT2D eigenvalue weighted by Gasteiger charge is 2.43. The fourth-order valence-corrected chi connectivity index (χ4v) is 6.59. The van der Waals surface area contributed by atoms with E-state index in [4.69, 9.17) is 14.8 Å². The number of rotatable bonds is 18.